The molecule has 3 aromatic rings. The second kappa shape index (κ2) is 7.00. The van der Waals surface area contributed by atoms with Crippen LogP contribution in [0.1, 0.15) is 36.6 Å². The molecular formula is C22H16N2O4. The molecule has 4 rings (SSSR count). The number of nitrogens with zero attached hydrogens (tertiary/aromatic N) is 1. The minimum absolute atomic E-state index is 0.0529. The van der Waals surface area contributed by atoms with Crippen molar-refractivity contribution in [2.75, 3.05) is 5.32 Å². The van der Waals surface area contributed by atoms with E-state index in [4.69, 9.17) is 0 Å². The number of aromatic hydroxyl groups is 1. The largest absolute Gasteiger partial charge is 0.508 e. The van der Waals surface area contributed by atoms with Crippen LogP contribution in [0, 0.1) is 0 Å². The summed E-state index contributed by atoms with van der Waals surface area (Å²) in [6.07, 6.45) is 0. The van der Waals surface area contributed by atoms with Gasteiger partial charge in [0.05, 0.1) is 17.7 Å². The Kier molecular flexibility index (Phi) is 4.37. The highest BCUT2D eigenvalue weighted by molar-refractivity contribution is 6.21. The van der Waals surface area contributed by atoms with Gasteiger partial charge in [0.15, 0.2) is 0 Å². The second-order valence-electron chi connectivity index (χ2n) is 6.45. The quantitative estimate of drug-likeness (QED) is 0.687. The van der Waals surface area contributed by atoms with Crippen LogP contribution in [0.15, 0.2) is 72.8 Å². The van der Waals surface area contributed by atoms with E-state index < -0.39 is 0 Å². The third-order valence-electron chi connectivity index (χ3n) is 4.51. The van der Waals surface area contributed by atoms with Crippen molar-refractivity contribution in [3.8, 4) is 5.75 Å². The fraction of sp³-hybridized carbons (Fsp3) is 0.0455. The van der Waals surface area contributed by atoms with Gasteiger partial charge in [0.1, 0.15) is 5.75 Å². The first kappa shape index (κ1) is 17.5. The highest BCUT2D eigenvalue weighted by Crippen LogP contribution is 2.24. The lowest BCUT2D eigenvalue weighted by Crippen LogP contribution is -2.29. The van der Waals surface area contributed by atoms with E-state index in [9.17, 15) is 19.5 Å². The number of imide groups is 1. The Hall–Kier alpha value is -3.93. The van der Waals surface area contributed by atoms with Crippen LogP contribution < -0.4 is 5.32 Å². The van der Waals surface area contributed by atoms with Gasteiger partial charge in [0, 0.05) is 17.3 Å². The number of rotatable bonds is 4. The Morgan fingerprint density at radius 1 is 0.857 bits per heavy atom. The molecule has 1 aliphatic heterocycles. The summed E-state index contributed by atoms with van der Waals surface area (Å²) in [5.41, 5.74) is 2.31. The molecule has 0 aromatic heterocycles. The first-order valence-corrected chi connectivity index (χ1v) is 8.67. The van der Waals surface area contributed by atoms with Gasteiger partial charge in [-0.2, -0.15) is 0 Å². The van der Waals surface area contributed by atoms with E-state index in [2.05, 4.69) is 5.32 Å². The number of nitrogens with one attached hydrogen (secondary N) is 1. The topological polar surface area (TPSA) is 86.7 Å². The van der Waals surface area contributed by atoms with Crippen molar-refractivity contribution in [1.82, 2.24) is 4.90 Å². The highest BCUT2D eigenvalue weighted by Gasteiger charge is 2.34. The van der Waals surface area contributed by atoms with E-state index in [-0.39, 0.29) is 30.0 Å². The standard InChI is InChI=1S/C22H16N2O4/c25-17-8-4-7-16(12-17)23-20(26)15-6-3-5-14(11-15)13-24-21(27)18-9-1-2-10-19(18)22(24)28/h1-12,25H,13H2,(H,23,26). The summed E-state index contributed by atoms with van der Waals surface area (Å²) in [5, 5.41) is 12.2. The van der Waals surface area contributed by atoms with Crippen LogP contribution in [0.25, 0.3) is 0 Å². The molecule has 0 atom stereocenters. The minimum atomic E-state index is -0.352. The molecule has 3 amide bonds. The predicted octanol–water partition coefficient (Wildman–Crippen LogP) is 3.44. The Labute approximate surface area is 161 Å². The smallest absolute Gasteiger partial charge is 0.261 e. The molecule has 0 spiro atoms. The van der Waals surface area contributed by atoms with Gasteiger partial charge in [-0.1, -0.05) is 30.3 Å². The van der Waals surface area contributed by atoms with E-state index >= 15 is 0 Å². The zero-order valence-corrected chi connectivity index (χ0v) is 14.8. The molecule has 0 fully saturated rings. The Morgan fingerprint density at radius 2 is 1.54 bits per heavy atom. The molecule has 28 heavy (non-hydrogen) atoms. The Bertz CT molecular complexity index is 1070. The molecular weight excluding hydrogens is 356 g/mol. The zero-order valence-electron chi connectivity index (χ0n) is 14.8. The number of fused-ring (bicyclic) bond motifs is 1. The Morgan fingerprint density at radius 3 is 2.21 bits per heavy atom. The minimum Gasteiger partial charge on any atom is -0.508 e. The van der Waals surface area contributed by atoms with Gasteiger partial charge in [-0.3, -0.25) is 19.3 Å². The predicted molar refractivity (Wildman–Crippen MR) is 103 cm³/mol. The van der Waals surface area contributed by atoms with Crippen molar-refractivity contribution in [1.29, 1.82) is 0 Å². The lowest BCUT2D eigenvalue weighted by atomic mass is 10.1. The number of benzene rings is 3. The van der Waals surface area contributed by atoms with Crippen molar-refractivity contribution in [3.63, 3.8) is 0 Å². The lowest BCUT2D eigenvalue weighted by Gasteiger charge is -2.14. The van der Waals surface area contributed by atoms with Gasteiger partial charge in [-0.25, -0.2) is 0 Å². The van der Waals surface area contributed by atoms with Crippen LogP contribution in [0.2, 0.25) is 0 Å². The summed E-state index contributed by atoms with van der Waals surface area (Å²) < 4.78 is 0. The summed E-state index contributed by atoms with van der Waals surface area (Å²) in [4.78, 5) is 38.7. The van der Waals surface area contributed by atoms with Gasteiger partial charge in [-0.05, 0) is 42.0 Å². The summed E-state index contributed by atoms with van der Waals surface area (Å²) in [5.74, 6) is -0.975. The lowest BCUT2D eigenvalue weighted by molar-refractivity contribution is 0.0642. The number of phenols is 1. The van der Waals surface area contributed by atoms with E-state index in [1.807, 2.05) is 0 Å². The molecule has 1 aliphatic rings. The molecule has 1 heterocycles. The second-order valence-corrected chi connectivity index (χ2v) is 6.45. The van der Waals surface area contributed by atoms with E-state index in [1.54, 1.807) is 60.7 Å². The maximum absolute atomic E-state index is 12.5. The van der Waals surface area contributed by atoms with Crippen LogP contribution in [0.3, 0.4) is 0 Å². The summed E-state index contributed by atoms with van der Waals surface area (Å²) in [6.45, 7) is 0.0829. The molecule has 138 valence electrons. The van der Waals surface area contributed by atoms with Crippen LogP contribution in [0.5, 0.6) is 5.75 Å². The summed E-state index contributed by atoms with van der Waals surface area (Å²) in [6, 6.07) is 19.7. The van der Waals surface area contributed by atoms with Crippen molar-refractivity contribution in [2.45, 2.75) is 6.54 Å². The fourth-order valence-corrected chi connectivity index (χ4v) is 3.16. The Balaban J connectivity index is 1.52. The van der Waals surface area contributed by atoms with Crippen LogP contribution in [0.4, 0.5) is 5.69 Å². The SMILES string of the molecule is O=C(Nc1cccc(O)c1)c1cccc(CN2C(=O)c3ccccc3C2=O)c1. The summed E-state index contributed by atoms with van der Waals surface area (Å²) >= 11 is 0. The van der Waals surface area contributed by atoms with Crippen molar-refractivity contribution >= 4 is 23.4 Å². The van der Waals surface area contributed by atoms with Gasteiger partial charge in [0.25, 0.3) is 17.7 Å². The van der Waals surface area contributed by atoms with Crippen LogP contribution in [-0.4, -0.2) is 27.7 Å². The van der Waals surface area contributed by atoms with Crippen molar-refractivity contribution in [3.05, 3.63) is 95.1 Å². The number of hydrogen-bond donors (Lipinski definition) is 2. The molecule has 0 saturated heterocycles. The number of carbonyl (C=O) groups is 3. The van der Waals surface area contributed by atoms with Gasteiger partial charge < -0.3 is 10.4 Å². The zero-order chi connectivity index (χ0) is 19.7. The molecule has 0 aliphatic carbocycles. The fourth-order valence-electron chi connectivity index (χ4n) is 3.16. The number of anilines is 1. The highest BCUT2D eigenvalue weighted by atomic mass is 16.3. The molecule has 0 unspecified atom stereocenters. The maximum atomic E-state index is 12.5. The number of carbonyl (C=O) groups excluding carboxylic acids is 3. The van der Waals surface area contributed by atoms with Gasteiger partial charge in [-0.15, -0.1) is 0 Å². The maximum Gasteiger partial charge on any atom is 0.261 e. The number of phenolic OH excluding ortho intramolecular Hbond substituents is 1. The van der Waals surface area contributed by atoms with Gasteiger partial charge >= 0.3 is 0 Å². The molecule has 6 nitrogen and oxygen atoms in total. The first-order valence-electron chi connectivity index (χ1n) is 8.67. The monoisotopic (exact) mass is 372 g/mol. The van der Waals surface area contributed by atoms with E-state index in [1.165, 1.54) is 17.0 Å². The molecule has 2 N–H and O–H groups in total. The average Bonchev–Trinajstić information content (AvgIpc) is 2.93. The normalized spacial score (nSPS) is 12.8. The van der Waals surface area contributed by atoms with Crippen molar-refractivity contribution < 1.29 is 19.5 Å². The average molecular weight is 372 g/mol. The van der Waals surface area contributed by atoms with E-state index in [0.717, 1.165) is 0 Å². The van der Waals surface area contributed by atoms with Crippen molar-refractivity contribution in [2.24, 2.45) is 0 Å². The third kappa shape index (κ3) is 3.23. The number of hydrogen-bond acceptors (Lipinski definition) is 4. The first-order chi connectivity index (χ1) is 13.5. The molecule has 6 heteroatoms. The number of amides is 3. The molecule has 0 bridgehead atoms. The van der Waals surface area contributed by atoms with E-state index in [0.29, 0.717) is 27.9 Å². The molecule has 0 radical (unpaired) electrons. The van der Waals surface area contributed by atoms with Gasteiger partial charge in [0.2, 0.25) is 0 Å². The van der Waals surface area contributed by atoms with Crippen LogP contribution >= 0.6 is 0 Å². The molecule has 0 saturated carbocycles. The van der Waals surface area contributed by atoms with Crippen LogP contribution in [-0.2, 0) is 6.54 Å². The third-order valence-corrected chi connectivity index (χ3v) is 4.51. The molecule has 3 aromatic carbocycles. The summed E-state index contributed by atoms with van der Waals surface area (Å²) in [7, 11) is 0.